The zero-order valence-corrected chi connectivity index (χ0v) is 19.9. The third-order valence-electron chi connectivity index (χ3n) is 5.40. The van der Waals surface area contributed by atoms with E-state index in [-0.39, 0.29) is 35.6 Å². The summed E-state index contributed by atoms with van der Waals surface area (Å²) in [5.41, 5.74) is 2.22. The van der Waals surface area contributed by atoms with Gasteiger partial charge in [-0.25, -0.2) is 4.98 Å². The number of Topliss-reactive ketones (excluding diaryl/α,β-unsaturated/α-hetero) is 1. The van der Waals surface area contributed by atoms with Crippen LogP contribution in [0.5, 0.6) is 11.5 Å². The van der Waals surface area contributed by atoms with E-state index >= 15 is 0 Å². The summed E-state index contributed by atoms with van der Waals surface area (Å²) >= 11 is 0. The Hall–Kier alpha value is -3.42. The first-order chi connectivity index (χ1) is 15.6. The highest BCUT2D eigenvalue weighted by Gasteiger charge is 2.27. The fourth-order valence-electron chi connectivity index (χ4n) is 3.31. The summed E-state index contributed by atoms with van der Waals surface area (Å²) in [5.74, 6) is -1.81. The number of pyridine rings is 1. The number of methoxy groups -OCH3 is 1. The molecule has 1 aromatic heterocycles. The van der Waals surface area contributed by atoms with Crippen LogP contribution in [0.3, 0.4) is 0 Å². The molecule has 8 heteroatoms. The minimum Gasteiger partial charge on any atom is -0.493 e. The largest absolute Gasteiger partial charge is 0.493 e. The van der Waals surface area contributed by atoms with Gasteiger partial charge in [-0.2, -0.15) is 0 Å². The Kier molecular flexibility index (Phi) is 9.39. The topological polar surface area (TPSA) is 101 Å². The van der Waals surface area contributed by atoms with Gasteiger partial charge >= 0.3 is 11.9 Å². The zero-order valence-electron chi connectivity index (χ0n) is 19.9. The number of carbonyl (C=O) groups excluding carboxylic acids is 3. The summed E-state index contributed by atoms with van der Waals surface area (Å²) in [5, 5.41) is 0. The number of esters is 2. The summed E-state index contributed by atoms with van der Waals surface area (Å²) in [6.07, 6.45) is 0.905. The number of benzene rings is 1. The first-order valence-electron chi connectivity index (χ1n) is 10.7. The monoisotopic (exact) mass is 457 g/mol. The predicted octanol–water partition coefficient (Wildman–Crippen LogP) is 4.24. The van der Waals surface area contributed by atoms with E-state index in [0.29, 0.717) is 0 Å². The van der Waals surface area contributed by atoms with Gasteiger partial charge in [0.05, 0.1) is 13.0 Å². The van der Waals surface area contributed by atoms with Gasteiger partial charge in [0.15, 0.2) is 23.0 Å². The van der Waals surface area contributed by atoms with E-state index in [2.05, 4.69) is 4.98 Å². The van der Waals surface area contributed by atoms with E-state index in [4.69, 9.17) is 18.9 Å². The second kappa shape index (κ2) is 12.0. The maximum Gasteiger partial charge on any atom is 0.309 e. The number of aromatic nitrogens is 1. The van der Waals surface area contributed by atoms with Gasteiger partial charge in [-0.3, -0.25) is 14.4 Å². The van der Waals surface area contributed by atoms with Crippen LogP contribution in [0.25, 0.3) is 0 Å². The molecule has 178 valence electrons. The second-order valence-electron chi connectivity index (χ2n) is 7.90. The van der Waals surface area contributed by atoms with Crippen LogP contribution >= 0.6 is 0 Å². The minimum atomic E-state index is -0.696. The molecule has 0 aliphatic rings. The maximum atomic E-state index is 12.9. The van der Waals surface area contributed by atoms with Gasteiger partial charge in [-0.15, -0.1) is 0 Å². The maximum absolute atomic E-state index is 12.9. The molecule has 3 atom stereocenters. The number of ketones is 1. The smallest absolute Gasteiger partial charge is 0.309 e. The Balaban J connectivity index is 2.06. The Bertz CT molecular complexity index is 988. The molecule has 2 aromatic rings. The SMILES string of the molecule is COc1ccnc(C(=O)C[C@@H](C)C(=O)O[C@@H](C)[C@@H](C)c2ccccc2C)c1OCOC(C)=O. The number of rotatable bonds is 11. The fraction of sp³-hybridized carbons (Fsp3) is 0.440. The summed E-state index contributed by atoms with van der Waals surface area (Å²) < 4.78 is 21.1. The summed E-state index contributed by atoms with van der Waals surface area (Å²) in [7, 11) is 1.42. The second-order valence-corrected chi connectivity index (χ2v) is 7.90. The van der Waals surface area contributed by atoms with Crippen molar-refractivity contribution in [2.24, 2.45) is 5.92 Å². The Morgan fingerprint density at radius 3 is 2.39 bits per heavy atom. The van der Waals surface area contributed by atoms with Crippen LogP contribution in [0, 0.1) is 12.8 Å². The molecule has 0 radical (unpaired) electrons. The highest BCUT2D eigenvalue weighted by molar-refractivity contribution is 5.99. The molecule has 2 rings (SSSR count). The van der Waals surface area contributed by atoms with Crippen molar-refractivity contribution in [2.75, 3.05) is 13.9 Å². The first-order valence-corrected chi connectivity index (χ1v) is 10.7. The minimum absolute atomic E-state index is 0.000573. The van der Waals surface area contributed by atoms with Crippen molar-refractivity contribution >= 4 is 17.7 Å². The summed E-state index contributed by atoms with van der Waals surface area (Å²) in [4.78, 5) is 40.7. The average Bonchev–Trinajstić information content (AvgIpc) is 2.78. The number of aryl methyl sites for hydroxylation is 1. The van der Waals surface area contributed by atoms with Gasteiger partial charge in [0.25, 0.3) is 0 Å². The zero-order chi connectivity index (χ0) is 24.5. The van der Waals surface area contributed by atoms with Crippen molar-refractivity contribution < 1.29 is 33.3 Å². The molecule has 0 amide bonds. The van der Waals surface area contributed by atoms with Crippen LogP contribution in [-0.2, 0) is 19.1 Å². The lowest BCUT2D eigenvalue weighted by atomic mass is 9.92. The van der Waals surface area contributed by atoms with Gasteiger partial charge in [-0.05, 0) is 25.0 Å². The molecular formula is C25H31NO7. The molecule has 8 nitrogen and oxygen atoms in total. The van der Waals surface area contributed by atoms with Crippen molar-refractivity contribution in [2.45, 2.75) is 53.1 Å². The van der Waals surface area contributed by atoms with E-state index in [0.717, 1.165) is 11.1 Å². The van der Waals surface area contributed by atoms with Crippen molar-refractivity contribution in [3.8, 4) is 11.5 Å². The van der Waals surface area contributed by atoms with Crippen LogP contribution < -0.4 is 9.47 Å². The van der Waals surface area contributed by atoms with E-state index in [1.165, 1.54) is 26.3 Å². The molecule has 0 aliphatic heterocycles. The normalized spacial score (nSPS) is 13.4. The van der Waals surface area contributed by atoms with Crippen molar-refractivity contribution in [3.05, 3.63) is 53.3 Å². The number of nitrogens with zero attached hydrogens (tertiary/aromatic N) is 1. The van der Waals surface area contributed by atoms with Crippen LogP contribution in [0.1, 0.15) is 61.6 Å². The predicted molar refractivity (Wildman–Crippen MR) is 121 cm³/mol. The van der Waals surface area contributed by atoms with Crippen LogP contribution in [0.2, 0.25) is 0 Å². The molecule has 0 spiro atoms. The van der Waals surface area contributed by atoms with E-state index < -0.39 is 30.4 Å². The third kappa shape index (κ3) is 7.03. The van der Waals surface area contributed by atoms with Gasteiger partial charge < -0.3 is 18.9 Å². The first kappa shape index (κ1) is 25.8. The third-order valence-corrected chi connectivity index (χ3v) is 5.40. The van der Waals surface area contributed by atoms with Gasteiger partial charge in [-0.1, -0.05) is 38.1 Å². The molecule has 1 heterocycles. The molecule has 1 aromatic carbocycles. The summed E-state index contributed by atoms with van der Waals surface area (Å²) in [6, 6.07) is 9.48. The standard InChI is InChI=1S/C25H31NO7/c1-15-9-7-8-10-20(15)17(3)18(4)33-25(29)16(2)13-21(28)23-24(32-14-31-19(5)27)22(30-6)11-12-26-23/h7-12,16-18H,13-14H2,1-6H3/t16-,17-,18+/m1/s1. The van der Waals surface area contributed by atoms with Crippen LogP contribution in [-0.4, -0.2) is 42.7 Å². The molecule has 0 N–H and O–H groups in total. The molecule has 0 saturated heterocycles. The lowest BCUT2D eigenvalue weighted by Gasteiger charge is -2.23. The molecule has 0 fully saturated rings. The fourth-order valence-corrected chi connectivity index (χ4v) is 3.31. The number of hydrogen-bond acceptors (Lipinski definition) is 8. The van der Waals surface area contributed by atoms with Crippen molar-refractivity contribution in [1.29, 1.82) is 0 Å². The highest BCUT2D eigenvalue weighted by Crippen LogP contribution is 2.31. The van der Waals surface area contributed by atoms with Crippen LogP contribution in [0.15, 0.2) is 36.5 Å². The van der Waals surface area contributed by atoms with Gasteiger partial charge in [0.1, 0.15) is 6.10 Å². The van der Waals surface area contributed by atoms with E-state index in [1.54, 1.807) is 6.92 Å². The molecular weight excluding hydrogens is 426 g/mol. The van der Waals surface area contributed by atoms with E-state index in [1.807, 2.05) is 45.0 Å². The van der Waals surface area contributed by atoms with Gasteiger partial charge in [0, 0.05) is 31.5 Å². The molecule has 0 aliphatic carbocycles. The number of hydrogen-bond donors (Lipinski definition) is 0. The molecule has 33 heavy (non-hydrogen) atoms. The van der Waals surface area contributed by atoms with Gasteiger partial charge in [0.2, 0.25) is 6.79 Å². The highest BCUT2D eigenvalue weighted by atomic mass is 16.7. The van der Waals surface area contributed by atoms with Crippen LogP contribution in [0.4, 0.5) is 0 Å². The van der Waals surface area contributed by atoms with Crippen molar-refractivity contribution in [1.82, 2.24) is 4.98 Å². The Labute approximate surface area is 194 Å². The Morgan fingerprint density at radius 2 is 1.76 bits per heavy atom. The van der Waals surface area contributed by atoms with E-state index in [9.17, 15) is 14.4 Å². The number of ether oxygens (including phenoxy) is 4. The van der Waals surface area contributed by atoms with Crippen molar-refractivity contribution in [3.63, 3.8) is 0 Å². The molecule has 0 saturated carbocycles. The lowest BCUT2D eigenvalue weighted by molar-refractivity contribution is -0.153. The number of carbonyl (C=O) groups is 3. The lowest BCUT2D eigenvalue weighted by Crippen LogP contribution is -2.26. The average molecular weight is 458 g/mol. The molecule has 0 bridgehead atoms. The quantitative estimate of drug-likeness (QED) is 0.281. The Morgan fingerprint density at radius 1 is 1.06 bits per heavy atom. The molecule has 0 unspecified atom stereocenters. The summed E-state index contributed by atoms with van der Waals surface area (Å²) in [6.45, 7) is 8.33.